The van der Waals surface area contributed by atoms with E-state index in [1.165, 1.54) is 32.6 Å². The second kappa shape index (κ2) is 6.72. The highest BCUT2D eigenvalue weighted by Crippen LogP contribution is 2.39. The first-order valence-electron chi connectivity index (χ1n) is 7.11. The summed E-state index contributed by atoms with van der Waals surface area (Å²) in [5.74, 6) is 0. The number of nitrogens with zero attached hydrogens (tertiary/aromatic N) is 2. The fourth-order valence-electron chi connectivity index (χ4n) is 2.95. The van der Waals surface area contributed by atoms with Gasteiger partial charge in [-0.15, -0.1) is 0 Å². The van der Waals surface area contributed by atoms with E-state index in [2.05, 4.69) is 23.6 Å². The van der Waals surface area contributed by atoms with Gasteiger partial charge in [0.15, 0.2) is 0 Å². The molecule has 0 aromatic heterocycles. The van der Waals surface area contributed by atoms with Crippen LogP contribution in [0.4, 0.5) is 0 Å². The highest BCUT2D eigenvalue weighted by atomic mass is 16.5. The predicted molar refractivity (Wildman–Crippen MR) is 73.4 cm³/mol. The summed E-state index contributed by atoms with van der Waals surface area (Å²) in [6.07, 6.45) is 1.40. The molecule has 1 spiro atoms. The number of hydrogen-bond donors (Lipinski definition) is 0. The van der Waals surface area contributed by atoms with Gasteiger partial charge in [-0.25, -0.2) is 0 Å². The van der Waals surface area contributed by atoms with Gasteiger partial charge < -0.3 is 9.64 Å². The van der Waals surface area contributed by atoms with Crippen LogP contribution in [0.2, 0.25) is 0 Å². The lowest BCUT2D eigenvalue weighted by molar-refractivity contribution is -0.00833. The lowest BCUT2D eigenvalue weighted by Gasteiger charge is -2.48. The van der Waals surface area contributed by atoms with E-state index in [-0.39, 0.29) is 0 Å². The molecule has 3 heteroatoms. The molecule has 0 saturated carbocycles. The molecule has 0 radical (unpaired) electrons. The summed E-state index contributed by atoms with van der Waals surface area (Å²) in [6, 6.07) is 0.720. The van der Waals surface area contributed by atoms with Crippen LogP contribution in [-0.2, 0) is 4.74 Å². The third-order valence-corrected chi connectivity index (χ3v) is 3.93. The van der Waals surface area contributed by atoms with Crippen molar-refractivity contribution in [1.29, 1.82) is 0 Å². The molecule has 0 amide bonds. The van der Waals surface area contributed by atoms with Crippen molar-refractivity contribution in [3.05, 3.63) is 0 Å². The summed E-state index contributed by atoms with van der Waals surface area (Å²) in [4.78, 5) is 5.14. The normalized spacial score (nSPS) is 23.6. The molecule has 0 aromatic rings. The second-order valence-electron chi connectivity index (χ2n) is 5.52. The van der Waals surface area contributed by atoms with Crippen LogP contribution in [0.5, 0.6) is 0 Å². The maximum absolute atomic E-state index is 5.11. The summed E-state index contributed by atoms with van der Waals surface area (Å²) in [7, 11) is 1.78. The Hall–Kier alpha value is -0.120. The molecule has 2 heterocycles. The van der Waals surface area contributed by atoms with Gasteiger partial charge in [0.25, 0.3) is 0 Å². The highest BCUT2D eigenvalue weighted by Gasteiger charge is 2.47. The molecule has 2 aliphatic rings. The number of ether oxygens (including phenoxy) is 1. The van der Waals surface area contributed by atoms with Crippen molar-refractivity contribution < 1.29 is 4.74 Å². The molecule has 0 aromatic carbocycles. The van der Waals surface area contributed by atoms with Gasteiger partial charge in [0, 0.05) is 44.7 Å². The Balaban J connectivity index is 0.000000686. The van der Waals surface area contributed by atoms with Crippen molar-refractivity contribution >= 4 is 0 Å². The quantitative estimate of drug-likeness (QED) is 0.750. The summed E-state index contributed by atoms with van der Waals surface area (Å²) < 4.78 is 5.11. The van der Waals surface area contributed by atoms with Crippen LogP contribution in [-0.4, -0.2) is 62.3 Å². The second-order valence-corrected chi connectivity index (χ2v) is 5.52. The van der Waals surface area contributed by atoms with Gasteiger partial charge in [-0.2, -0.15) is 0 Å². The van der Waals surface area contributed by atoms with Crippen molar-refractivity contribution in [2.24, 2.45) is 5.41 Å². The van der Waals surface area contributed by atoms with Crippen molar-refractivity contribution in [3.8, 4) is 0 Å². The summed E-state index contributed by atoms with van der Waals surface area (Å²) in [6.45, 7) is 15.8. The van der Waals surface area contributed by atoms with E-state index >= 15 is 0 Å². The molecule has 3 nitrogen and oxygen atoms in total. The van der Waals surface area contributed by atoms with Crippen LogP contribution < -0.4 is 0 Å². The van der Waals surface area contributed by atoms with Crippen molar-refractivity contribution in [2.75, 3.05) is 46.4 Å². The third kappa shape index (κ3) is 3.67. The Bertz CT molecular complexity index is 212. The van der Waals surface area contributed by atoms with Gasteiger partial charge in [0.2, 0.25) is 0 Å². The molecule has 0 aliphatic carbocycles. The Morgan fingerprint density at radius 1 is 1.18 bits per heavy atom. The van der Waals surface area contributed by atoms with E-state index in [0.29, 0.717) is 5.41 Å². The zero-order valence-corrected chi connectivity index (χ0v) is 12.3. The van der Waals surface area contributed by atoms with Gasteiger partial charge in [-0.1, -0.05) is 13.8 Å². The number of hydrogen-bond acceptors (Lipinski definition) is 3. The van der Waals surface area contributed by atoms with Crippen LogP contribution in [0.1, 0.15) is 34.1 Å². The monoisotopic (exact) mass is 242 g/mol. The molecule has 17 heavy (non-hydrogen) atoms. The molecule has 2 saturated heterocycles. The fourth-order valence-corrected chi connectivity index (χ4v) is 2.95. The predicted octanol–water partition coefficient (Wildman–Crippen LogP) is 2.08. The maximum atomic E-state index is 5.11. The number of rotatable bonds is 4. The average Bonchev–Trinajstić information content (AvgIpc) is 2.73. The van der Waals surface area contributed by atoms with Gasteiger partial charge >= 0.3 is 0 Å². The van der Waals surface area contributed by atoms with Crippen molar-refractivity contribution in [1.82, 2.24) is 9.80 Å². The average molecular weight is 242 g/mol. The molecule has 0 atom stereocenters. The molecule has 0 bridgehead atoms. The highest BCUT2D eigenvalue weighted by molar-refractivity contribution is 5.01. The van der Waals surface area contributed by atoms with Gasteiger partial charge in [0.05, 0.1) is 6.61 Å². The van der Waals surface area contributed by atoms with Crippen molar-refractivity contribution in [3.63, 3.8) is 0 Å². The Morgan fingerprint density at radius 2 is 1.82 bits per heavy atom. The van der Waals surface area contributed by atoms with Gasteiger partial charge in [-0.3, -0.25) is 4.90 Å². The maximum Gasteiger partial charge on any atom is 0.0589 e. The minimum absolute atomic E-state index is 0.637. The fraction of sp³-hybridized carbons (Fsp3) is 1.00. The summed E-state index contributed by atoms with van der Waals surface area (Å²) >= 11 is 0. The molecule has 2 rings (SSSR count). The Labute approximate surface area is 107 Å². The van der Waals surface area contributed by atoms with E-state index < -0.39 is 0 Å². The molecule has 0 unspecified atom stereocenters. The van der Waals surface area contributed by atoms with Crippen LogP contribution in [0.3, 0.4) is 0 Å². The van der Waals surface area contributed by atoms with E-state index in [0.717, 1.165) is 19.2 Å². The van der Waals surface area contributed by atoms with E-state index in [4.69, 9.17) is 4.74 Å². The minimum Gasteiger partial charge on any atom is -0.383 e. The zero-order valence-electron chi connectivity index (χ0n) is 12.3. The Morgan fingerprint density at radius 3 is 2.29 bits per heavy atom. The van der Waals surface area contributed by atoms with Gasteiger partial charge in [-0.05, 0) is 26.8 Å². The zero-order chi connectivity index (χ0) is 12.9. The largest absolute Gasteiger partial charge is 0.383 e. The Kier molecular flexibility index (Phi) is 5.90. The van der Waals surface area contributed by atoms with E-state index in [1.807, 2.05) is 13.8 Å². The number of likely N-dealkylation sites (tertiary alicyclic amines) is 2. The first kappa shape index (κ1) is 14.9. The standard InChI is InChI=1S/C12H24N2O.C2H6/c1-11(2)14-5-4-12(10-14)8-13(9-12)6-7-15-3;1-2/h11H,4-10H2,1-3H3;1-2H3. The molecule has 2 aliphatic heterocycles. The SMILES string of the molecule is CC.COCCN1CC2(CCN(C(C)C)C2)C1. The van der Waals surface area contributed by atoms with Gasteiger partial charge in [0.1, 0.15) is 0 Å². The first-order chi connectivity index (χ1) is 8.15. The molecule has 0 N–H and O–H groups in total. The molecule has 102 valence electrons. The summed E-state index contributed by atoms with van der Waals surface area (Å²) in [5.41, 5.74) is 0.637. The van der Waals surface area contributed by atoms with Crippen LogP contribution in [0.25, 0.3) is 0 Å². The van der Waals surface area contributed by atoms with Crippen LogP contribution >= 0.6 is 0 Å². The van der Waals surface area contributed by atoms with Crippen molar-refractivity contribution in [2.45, 2.75) is 40.2 Å². The minimum atomic E-state index is 0.637. The van der Waals surface area contributed by atoms with E-state index in [1.54, 1.807) is 7.11 Å². The molecular formula is C14H30N2O. The first-order valence-corrected chi connectivity index (χ1v) is 7.11. The lowest BCUT2D eigenvalue weighted by Crippen LogP contribution is -2.58. The summed E-state index contributed by atoms with van der Waals surface area (Å²) in [5, 5.41) is 0. The van der Waals surface area contributed by atoms with Crippen LogP contribution in [0.15, 0.2) is 0 Å². The topological polar surface area (TPSA) is 15.7 Å². The molecular weight excluding hydrogens is 212 g/mol. The lowest BCUT2D eigenvalue weighted by atomic mass is 9.79. The van der Waals surface area contributed by atoms with Crippen LogP contribution in [0, 0.1) is 5.41 Å². The smallest absolute Gasteiger partial charge is 0.0589 e. The third-order valence-electron chi connectivity index (χ3n) is 3.93. The van der Waals surface area contributed by atoms with E-state index in [9.17, 15) is 0 Å². The molecule has 2 fully saturated rings. The number of methoxy groups -OCH3 is 1.